The van der Waals surface area contributed by atoms with Crippen LogP contribution in [0.5, 0.6) is 0 Å². The average Bonchev–Trinajstić information content (AvgIpc) is 3.22. The summed E-state index contributed by atoms with van der Waals surface area (Å²) in [5.74, 6) is -0.412. The van der Waals surface area contributed by atoms with Gasteiger partial charge in [0.2, 0.25) is 5.91 Å². The maximum Gasteiger partial charge on any atom is 0.230 e. The van der Waals surface area contributed by atoms with Gasteiger partial charge in [-0.3, -0.25) is 9.20 Å². The SMILES string of the molecule is Cc1c(Cl)cccc1NC(=O)Cc1csc2nc(-c3ccc(F)cc3)cn12. The summed E-state index contributed by atoms with van der Waals surface area (Å²) < 4.78 is 15.0. The van der Waals surface area contributed by atoms with Crippen molar-refractivity contribution in [2.75, 3.05) is 5.32 Å². The number of imidazole rings is 1. The fourth-order valence-electron chi connectivity index (χ4n) is 2.82. The van der Waals surface area contributed by atoms with Gasteiger partial charge in [-0.25, -0.2) is 9.37 Å². The number of aromatic nitrogens is 2. The van der Waals surface area contributed by atoms with Gasteiger partial charge >= 0.3 is 0 Å². The van der Waals surface area contributed by atoms with Crippen molar-refractivity contribution in [3.8, 4) is 11.3 Å². The van der Waals surface area contributed by atoms with Gasteiger partial charge in [0.05, 0.1) is 12.1 Å². The molecule has 0 radical (unpaired) electrons. The molecule has 0 spiro atoms. The van der Waals surface area contributed by atoms with E-state index in [9.17, 15) is 9.18 Å². The van der Waals surface area contributed by atoms with Gasteiger partial charge < -0.3 is 5.32 Å². The van der Waals surface area contributed by atoms with Crippen LogP contribution in [0.25, 0.3) is 16.2 Å². The average molecular weight is 400 g/mol. The highest BCUT2D eigenvalue weighted by atomic mass is 35.5. The minimum Gasteiger partial charge on any atom is -0.325 e. The second-order valence-corrected chi connectivity index (χ2v) is 7.39. The van der Waals surface area contributed by atoms with E-state index in [4.69, 9.17) is 11.6 Å². The minimum absolute atomic E-state index is 0.128. The van der Waals surface area contributed by atoms with Crippen LogP contribution in [-0.4, -0.2) is 15.3 Å². The molecule has 0 aliphatic carbocycles. The summed E-state index contributed by atoms with van der Waals surface area (Å²) in [4.78, 5) is 17.8. The van der Waals surface area contributed by atoms with Gasteiger partial charge in [0.25, 0.3) is 0 Å². The summed E-state index contributed by atoms with van der Waals surface area (Å²) >= 11 is 7.57. The molecule has 0 saturated heterocycles. The van der Waals surface area contributed by atoms with Crippen LogP contribution in [0.15, 0.2) is 54.0 Å². The molecular formula is C20H15ClFN3OS. The highest BCUT2D eigenvalue weighted by molar-refractivity contribution is 7.15. The summed E-state index contributed by atoms with van der Waals surface area (Å²) in [6, 6.07) is 11.6. The number of hydrogen-bond donors (Lipinski definition) is 1. The monoisotopic (exact) mass is 399 g/mol. The van der Waals surface area contributed by atoms with Crippen LogP contribution in [0.3, 0.4) is 0 Å². The van der Waals surface area contributed by atoms with Crippen molar-refractivity contribution >= 4 is 39.5 Å². The van der Waals surface area contributed by atoms with Crippen molar-refractivity contribution in [1.29, 1.82) is 0 Å². The number of nitrogens with zero attached hydrogens (tertiary/aromatic N) is 2. The topological polar surface area (TPSA) is 46.4 Å². The van der Waals surface area contributed by atoms with E-state index in [1.165, 1.54) is 23.5 Å². The summed E-state index contributed by atoms with van der Waals surface area (Å²) in [6.07, 6.45) is 2.08. The van der Waals surface area contributed by atoms with E-state index in [0.29, 0.717) is 10.7 Å². The van der Waals surface area contributed by atoms with Gasteiger partial charge in [0.1, 0.15) is 5.82 Å². The van der Waals surface area contributed by atoms with Crippen LogP contribution in [0.2, 0.25) is 5.02 Å². The lowest BCUT2D eigenvalue weighted by Gasteiger charge is -2.09. The first-order valence-corrected chi connectivity index (χ1v) is 9.53. The molecule has 0 aliphatic heterocycles. The van der Waals surface area contributed by atoms with E-state index in [1.54, 1.807) is 24.3 Å². The maximum absolute atomic E-state index is 13.1. The van der Waals surface area contributed by atoms with Crippen molar-refractivity contribution in [3.63, 3.8) is 0 Å². The van der Waals surface area contributed by atoms with Crippen molar-refractivity contribution in [2.45, 2.75) is 13.3 Å². The van der Waals surface area contributed by atoms with Crippen molar-refractivity contribution < 1.29 is 9.18 Å². The second-order valence-electron chi connectivity index (χ2n) is 6.15. The largest absolute Gasteiger partial charge is 0.325 e. The number of nitrogens with one attached hydrogen (secondary N) is 1. The van der Waals surface area contributed by atoms with Crippen molar-refractivity contribution in [2.24, 2.45) is 0 Å². The number of fused-ring (bicyclic) bond motifs is 1. The molecule has 1 amide bonds. The lowest BCUT2D eigenvalue weighted by Crippen LogP contribution is -2.16. The molecule has 0 bridgehead atoms. The highest BCUT2D eigenvalue weighted by Crippen LogP contribution is 2.25. The Labute approximate surface area is 164 Å². The Bertz CT molecular complexity index is 1130. The third-order valence-electron chi connectivity index (χ3n) is 4.31. The molecule has 27 heavy (non-hydrogen) atoms. The van der Waals surface area contributed by atoms with Gasteiger partial charge in [0, 0.05) is 33.5 Å². The lowest BCUT2D eigenvalue weighted by molar-refractivity contribution is -0.115. The first kappa shape index (κ1) is 17.7. The predicted octanol–water partition coefficient (Wildman–Crippen LogP) is 5.34. The molecule has 7 heteroatoms. The van der Waals surface area contributed by atoms with E-state index >= 15 is 0 Å². The Hall–Kier alpha value is -2.70. The highest BCUT2D eigenvalue weighted by Gasteiger charge is 2.14. The molecule has 0 unspecified atom stereocenters. The molecule has 2 aromatic heterocycles. The van der Waals surface area contributed by atoms with Gasteiger partial charge in [0.15, 0.2) is 4.96 Å². The predicted molar refractivity (Wildman–Crippen MR) is 107 cm³/mol. The zero-order valence-corrected chi connectivity index (χ0v) is 15.9. The Morgan fingerprint density at radius 1 is 1.26 bits per heavy atom. The third-order valence-corrected chi connectivity index (χ3v) is 5.61. The second kappa shape index (κ2) is 7.13. The number of carbonyl (C=O) groups is 1. The summed E-state index contributed by atoms with van der Waals surface area (Å²) in [5, 5.41) is 5.44. The molecular weight excluding hydrogens is 385 g/mol. The van der Waals surface area contributed by atoms with E-state index in [2.05, 4.69) is 10.3 Å². The smallest absolute Gasteiger partial charge is 0.230 e. The standard InChI is InChI=1S/C20H15ClFN3OS/c1-12-16(21)3-2-4-17(12)23-19(26)9-15-11-27-20-24-18(10-25(15)20)13-5-7-14(22)8-6-13/h2-8,10-11H,9H2,1H3,(H,23,26). The van der Waals surface area contributed by atoms with Crippen LogP contribution in [0.1, 0.15) is 11.3 Å². The Balaban J connectivity index is 1.56. The molecule has 4 aromatic rings. The fraction of sp³-hybridized carbons (Fsp3) is 0.100. The molecule has 2 heterocycles. The Morgan fingerprint density at radius 3 is 2.81 bits per heavy atom. The van der Waals surface area contributed by atoms with E-state index in [1.807, 2.05) is 29.0 Å². The van der Waals surface area contributed by atoms with Crippen LogP contribution in [0, 0.1) is 12.7 Å². The first-order chi connectivity index (χ1) is 13.0. The van der Waals surface area contributed by atoms with Crippen molar-refractivity contribution in [3.05, 3.63) is 76.1 Å². The molecule has 0 fully saturated rings. The molecule has 136 valence electrons. The molecule has 0 atom stereocenters. The van der Waals surface area contributed by atoms with Crippen LogP contribution in [0.4, 0.5) is 10.1 Å². The number of thiazole rings is 1. The molecule has 0 saturated carbocycles. The first-order valence-electron chi connectivity index (χ1n) is 8.27. The molecule has 4 nitrogen and oxygen atoms in total. The van der Waals surface area contributed by atoms with Gasteiger partial charge in [-0.1, -0.05) is 17.7 Å². The number of rotatable bonds is 4. The number of benzene rings is 2. The summed E-state index contributed by atoms with van der Waals surface area (Å²) in [5.41, 5.74) is 3.96. The van der Waals surface area contributed by atoms with Crippen LogP contribution >= 0.6 is 22.9 Å². The van der Waals surface area contributed by atoms with Gasteiger partial charge in [-0.2, -0.15) is 0 Å². The molecule has 4 rings (SSSR count). The third kappa shape index (κ3) is 3.59. The number of anilines is 1. The lowest BCUT2D eigenvalue weighted by atomic mass is 10.2. The molecule has 1 N–H and O–H groups in total. The molecule has 2 aromatic carbocycles. The number of hydrogen-bond acceptors (Lipinski definition) is 3. The number of carbonyl (C=O) groups excluding carboxylic acids is 1. The summed E-state index contributed by atoms with van der Waals surface area (Å²) in [6.45, 7) is 1.87. The van der Waals surface area contributed by atoms with Gasteiger partial charge in [-0.05, 0) is 48.9 Å². The number of amides is 1. The molecule has 0 aliphatic rings. The van der Waals surface area contributed by atoms with Crippen LogP contribution < -0.4 is 5.32 Å². The zero-order chi connectivity index (χ0) is 19.0. The maximum atomic E-state index is 13.1. The Morgan fingerprint density at radius 2 is 2.04 bits per heavy atom. The van der Waals surface area contributed by atoms with Crippen molar-refractivity contribution in [1.82, 2.24) is 9.38 Å². The minimum atomic E-state index is -0.284. The quantitative estimate of drug-likeness (QED) is 0.503. The van der Waals surface area contributed by atoms with E-state index < -0.39 is 0 Å². The zero-order valence-electron chi connectivity index (χ0n) is 14.4. The number of halogens is 2. The van der Waals surface area contributed by atoms with Gasteiger partial charge in [-0.15, -0.1) is 11.3 Å². The summed E-state index contributed by atoms with van der Waals surface area (Å²) in [7, 11) is 0. The van der Waals surface area contributed by atoms with Crippen LogP contribution in [-0.2, 0) is 11.2 Å². The normalized spacial score (nSPS) is 11.1. The van der Waals surface area contributed by atoms with E-state index in [-0.39, 0.29) is 18.1 Å². The fourth-order valence-corrected chi connectivity index (χ4v) is 3.87. The van der Waals surface area contributed by atoms with E-state index in [0.717, 1.165) is 27.5 Å². The Kier molecular flexibility index (Phi) is 4.68.